The number of carbonyl (C=O) groups is 3. The Kier molecular flexibility index (Phi) is 8.29. The van der Waals surface area contributed by atoms with Gasteiger partial charge in [-0.1, -0.05) is 42.5 Å². The molecule has 1 aliphatic carbocycles. The van der Waals surface area contributed by atoms with Gasteiger partial charge in [0.2, 0.25) is 0 Å². The van der Waals surface area contributed by atoms with Crippen LogP contribution in [0.4, 0.5) is 4.79 Å². The van der Waals surface area contributed by atoms with Crippen LogP contribution in [0.15, 0.2) is 54.6 Å². The molecule has 0 spiro atoms. The molecule has 0 bridgehead atoms. The highest BCUT2D eigenvalue weighted by molar-refractivity contribution is 5.97. The molecule has 0 aliphatic heterocycles. The minimum absolute atomic E-state index is 0.201. The van der Waals surface area contributed by atoms with Crippen molar-refractivity contribution in [2.45, 2.75) is 37.2 Å². The summed E-state index contributed by atoms with van der Waals surface area (Å²) >= 11 is 0. The van der Waals surface area contributed by atoms with E-state index in [9.17, 15) is 14.4 Å². The van der Waals surface area contributed by atoms with Crippen LogP contribution < -0.4 is 10.1 Å². The van der Waals surface area contributed by atoms with E-state index in [-0.39, 0.29) is 17.4 Å². The van der Waals surface area contributed by atoms with Crippen molar-refractivity contribution in [2.75, 3.05) is 27.4 Å². The number of para-hydroxylation sites is 1. The lowest BCUT2D eigenvalue weighted by molar-refractivity contribution is -0.145. The number of ether oxygens (including phenoxy) is 4. The molecule has 0 radical (unpaired) electrons. The lowest BCUT2D eigenvalue weighted by Gasteiger charge is -2.40. The lowest BCUT2D eigenvalue weighted by Crippen LogP contribution is -2.44. The van der Waals surface area contributed by atoms with E-state index in [1.165, 1.54) is 14.2 Å². The van der Waals surface area contributed by atoms with Gasteiger partial charge in [-0.05, 0) is 43.4 Å². The number of rotatable bonds is 8. The Labute approximate surface area is 193 Å². The van der Waals surface area contributed by atoms with E-state index in [2.05, 4.69) is 22.2 Å². The van der Waals surface area contributed by atoms with Crippen molar-refractivity contribution in [1.82, 2.24) is 5.32 Å². The second kappa shape index (κ2) is 11.4. The number of hydrogen-bond donors (Lipinski definition) is 1. The van der Waals surface area contributed by atoms with Crippen LogP contribution in [0.2, 0.25) is 0 Å². The largest absolute Gasteiger partial charge is 0.509 e. The van der Waals surface area contributed by atoms with Crippen molar-refractivity contribution < 1.29 is 33.3 Å². The number of esters is 1. The molecule has 1 aliphatic rings. The first kappa shape index (κ1) is 24.1. The molecule has 2 aromatic rings. The fraction of sp³-hybridized carbons (Fsp3) is 0.400. The highest BCUT2D eigenvalue weighted by Crippen LogP contribution is 2.40. The molecule has 8 heteroatoms. The number of carbonyl (C=O) groups excluding carboxylic acids is 3. The van der Waals surface area contributed by atoms with Crippen molar-refractivity contribution >= 4 is 18.0 Å². The highest BCUT2D eigenvalue weighted by Gasteiger charge is 2.38. The first-order valence-corrected chi connectivity index (χ1v) is 10.8. The fourth-order valence-corrected chi connectivity index (χ4v) is 4.14. The maximum atomic E-state index is 12.9. The van der Waals surface area contributed by atoms with Crippen LogP contribution in [0.1, 0.15) is 41.6 Å². The molecule has 1 N–H and O–H groups in total. The smallest absolute Gasteiger partial charge is 0.496 e. The standard InChI is InChI=1S/C25H29NO7/c1-30-21-11-7-6-10-20(21)23(28)26-17-25(18-8-4-3-5-9-18)14-12-19(13-15-25)33-24(29)32-16-22(27)31-2/h3-11,19H,12-17H2,1-2H3,(H,26,28). The van der Waals surface area contributed by atoms with Gasteiger partial charge in [-0.25, -0.2) is 9.59 Å². The van der Waals surface area contributed by atoms with Crippen molar-refractivity contribution in [1.29, 1.82) is 0 Å². The van der Waals surface area contributed by atoms with Gasteiger partial charge in [0.05, 0.1) is 19.8 Å². The fourth-order valence-electron chi connectivity index (χ4n) is 4.14. The molecule has 2 aromatic carbocycles. The van der Waals surface area contributed by atoms with E-state index in [0.29, 0.717) is 43.5 Å². The average Bonchev–Trinajstić information content (AvgIpc) is 2.87. The number of benzene rings is 2. The molecular weight excluding hydrogens is 426 g/mol. The number of nitrogens with one attached hydrogen (secondary N) is 1. The molecule has 0 heterocycles. The minimum Gasteiger partial charge on any atom is -0.496 e. The summed E-state index contributed by atoms with van der Waals surface area (Å²) in [6.45, 7) is -0.0433. The summed E-state index contributed by atoms with van der Waals surface area (Å²) in [6, 6.07) is 17.1. The van der Waals surface area contributed by atoms with Crippen LogP contribution in [0.3, 0.4) is 0 Å². The third kappa shape index (κ3) is 6.25. The van der Waals surface area contributed by atoms with Crippen molar-refractivity contribution in [3.63, 3.8) is 0 Å². The Morgan fingerprint density at radius 3 is 2.30 bits per heavy atom. The molecule has 8 nitrogen and oxygen atoms in total. The first-order chi connectivity index (χ1) is 16.0. The quantitative estimate of drug-likeness (QED) is 0.607. The highest BCUT2D eigenvalue weighted by atomic mass is 16.7. The summed E-state index contributed by atoms with van der Waals surface area (Å²) in [7, 11) is 2.75. The van der Waals surface area contributed by atoms with Crippen LogP contribution in [0.5, 0.6) is 5.75 Å². The molecule has 1 fully saturated rings. The van der Waals surface area contributed by atoms with Crippen molar-refractivity contribution in [3.8, 4) is 5.75 Å². The van der Waals surface area contributed by atoms with Gasteiger partial charge >= 0.3 is 12.1 Å². The summed E-state index contributed by atoms with van der Waals surface area (Å²) in [5.74, 6) is -0.330. The van der Waals surface area contributed by atoms with Crippen molar-refractivity contribution in [2.24, 2.45) is 0 Å². The van der Waals surface area contributed by atoms with Gasteiger partial charge in [0.25, 0.3) is 5.91 Å². The molecule has 3 rings (SSSR count). The molecule has 1 amide bonds. The molecule has 0 saturated heterocycles. The zero-order valence-corrected chi connectivity index (χ0v) is 18.9. The van der Waals surface area contributed by atoms with Crippen LogP contribution >= 0.6 is 0 Å². The lowest BCUT2D eigenvalue weighted by atomic mass is 9.68. The Balaban J connectivity index is 1.65. The Morgan fingerprint density at radius 1 is 0.970 bits per heavy atom. The van der Waals surface area contributed by atoms with Gasteiger partial charge in [-0.2, -0.15) is 0 Å². The molecule has 176 valence electrons. The van der Waals surface area contributed by atoms with E-state index in [1.54, 1.807) is 18.2 Å². The summed E-state index contributed by atoms with van der Waals surface area (Å²) in [4.78, 5) is 35.9. The van der Waals surface area contributed by atoms with Crippen LogP contribution in [-0.4, -0.2) is 51.5 Å². The number of hydrogen-bond acceptors (Lipinski definition) is 7. The average molecular weight is 456 g/mol. The van der Waals surface area contributed by atoms with Gasteiger partial charge in [0.15, 0.2) is 6.61 Å². The summed E-state index contributed by atoms with van der Waals surface area (Å²) in [5, 5.41) is 3.07. The van der Waals surface area contributed by atoms with Gasteiger partial charge < -0.3 is 24.3 Å². The van der Waals surface area contributed by atoms with E-state index in [4.69, 9.17) is 14.2 Å². The van der Waals surface area contributed by atoms with Crippen molar-refractivity contribution in [3.05, 3.63) is 65.7 Å². The number of amides is 1. The molecule has 33 heavy (non-hydrogen) atoms. The monoisotopic (exact) mass is 455 g/mol. The Bertz CT molecular complexity index is 952. The zero-order chi connectivity index (χ0) is 23.7. The van der Waals surface area contributed by atoms with E-state index in [1.807, 2.05) is 24.3 Å². The molecule has 0 atom stereocenters. The third-order valence-electron chi connectivity index (χ3n) is 6.01. The second-order valence-corrected chi connectivity index (χ2v) is 7.96. The van der Waals surface area contributed by atoms with Crippen LogP contribution in [-0.2, 0) is 24.4 Å². The maximum Gasteiger partial charge on any atom is 0.509 e. The Hall–Kier alpha value is -3.55. The van der Waals surface area contributed by atoms with Crippen LogP contribution in [0.25, 0.3) is 0 Å². The summed E-state index contributed by atoms with van der Waals surface area (Å²) in [5.41, 5.74) is 1.31. The first-order valence-electron chi connectivity index (χ1n) is 10.8. The van der Waals surface area contributed by atoms with E-state index < -0.39 is 18.7 Å². The molecular formula is C25H29NO7. The SMILES string of the molecule is COC(=O)COC(=O)OC1CCC(CNC(=O)c2ccccc2OC)(c2ccccc2)CC1. The topological polar surface area (TPSA) is 100 Å². The zero-order valence-electron chi connectivity index (χ0n) is 18.9. The molecule has 1 saturated carbocycles. The van der Waals surface area contributed by atoms with E-state index in [0.717, 1.165) is 5.56 Å². The maximum absolute atomic E-state index is 12.9. The van der Waals surface area contributed by atoms with Gasteiger partial charge in [0, 0.05) is 12.0 Å². The van der Waals surface area contributed by atoms with Gasteiger partial charge in [-0.15, -0.1) is 0 Å². The number of methoxy groups -OCH3 is 2. The molecule has 0 aromatic heterocycles. The summed E-state index contributed by atoms with van der Waals surface area (Å²) in [6.07, 6.45) is 1.41. The predicted molar refractivity (Wildman–Crippen MR) is 120 cm³/mol. The predicted octanol–water partition coefficient (Wildman–Crippen LogP) is 3.63. The third-order valence-corrected chi connectivity index (χ3v) is 6.01. The van der Waals surface area contributed by atoms with Gasteiger partial charge in [-0.3, -0.25) is 4.79 Å². The molecule has 0 unspecified atom stereocenters. The Morgan fingerprint density at radius 2 is 1.64 bits per heavy atom. The van der Waals surface area contributed by atoms with Gasteiger partial charge in [0.1, 0.15) is 11.9 Å². The van der Waals surface area contributed by atoms with Crippen LogP contribution in [0, 0.1) is 0 Å². The second-order valence-electron chi connectivity index (χ2n) is 7.96. The normalized spacial score (nSPS) is 19.8. The minimum atomic E-state index is -0.887. The van der Waals surface area contributed by atoms with E-state index >= 15 is 0 Å². The summed E-state index contributed by atoms with van der Waals surface area (Å²) < 4.78 is 19.9.